The van der Waals surface area contributed by atoms with Crippen LogP contribution in [0.1, 0.15) is 49.2 Å². The highest BCUT2D eigenvalue weighted by Crippen LogP contribution is 2.43. The van der Waals surface area contributed by atoms with Crippen molar-refractivity contribution in [2.75, 3.05) is 4.90 Å². The summed E-state index contributed by atoms with van der Waals surface area (Å²) in [6.45, 7) is 3.54. The van der Waals surface area contributed by atoms with E-state index in [1.165, 1.54) is 4.90 Å². The number of carbonyl (C=O) groups excluding carboxylic acids is 1. The molecule has 1 aromatic carbocycles. The average Bonchev–Trinajstić information content (AvgIpc) is 3.53. The van der Waals surface area contributed by atoms with Gasteiger partial charge in [0.2, 0.25) is 11.8 Å². The third kappa shape index (κ3) is 5.40. The molecule has 1 saturated carbocycles. The summed E-state index contributed by atoms with van der Waals surface area (Å²) in [4.78, 5) is 36.4. The number of anilines is 1. The van der Waals surface area contributed by atoms with Crippen molar-refractivity contribution in [1.82, 2.24) is 9.97 Å². The summed E-state index contributed by atoms with van der Waals surface area (Å²) in [6.07, 6.45) is -2.59. The van der Waals surface area contributed by atoms with Crippen molar-refractivity contribution in [3.63, 3.8) is 0 Å². The van der Waals surface area contributed by atoms with E-state index in [2.05, 4.69) is 9.97 Å². The lowest BCUT2D eigenvalue weighted by atomic mass is 9.81. The molecule has 0 spiro atoms. The van der Waals surface area contributed by atoms with Crippen LogP contribution in [0.4, 0.5) is 18.9 Å². The molecule has 0 atom stereocenters. The number of fused-ring (bicyclic) bond motifs is 1. The van der Waals surface area contributed by atoms with E-state index in [4.69, 9.17) is 4.42 Å². The van der Waals surface area contributed by atoms with Crippen molar-refractivity contribution in [3.8, 4) is 21.9 Å². The van der Waals surface area contributed by atoms with Crippen LogP contribution in [0.25, 0.3) is 33.1 Å². The van der Waals surface area contributed by atoms with Crippen LogP contribution in [0.5, 0.6) is 0 Å². The van der Waals surface area contributed by atoms with Gasteiger partial charge in [-0.15, -0.1) is 11.3 Å². The minimum atomic E-state index is -4.27. The summed E-state index contributed by atoms with van der Waals surface area (Å²) in [5.74, 6) is -3.08. The van der Waals surface area contributed by atoms with Crippen LogP contribution in [0.15, 0.2) is 53.1 Å². The summed E-state index contributed by atoms with van der Waals surface area (Å²) >= 11 is 1.05. The maximum atomic E-state index is 13.5. The van der Waals surface area contributed by atoms with Gasteiger partial charge < -0.3 is 14.4 Å². The normalized spacial score (nSPS) is 18.0. The Morgan fingerprint density at radius 1 is 1.08 bits per heavy atom. The highest BCUT2D eigenvalue weighted by molar-refractivity contribution is 7.18. The number of pyridine rings is 1. The Labute approximate surface area is 226 Å². The Balaban J connectivity index is 1.42. The van der Waals surface area contributed by atoms with E-state index in [1.807, 2.05) is 24.3 Å². The number of amides is 1. The first-order valence-corrected chi connectivity index (χ1v) is 13.4. The average molecular weight is 558 g/mol. The maximum Gasteiger partial charge on any atom is 0.391 e. The van der Waals surface area contributed by atoms with Gasteiger partial charge in [0.1, 0.15) is 4.88 Å². The van der Waals surface area contributed by atoms with Crippen molar-refractivity contribution < 1.29 is 32.3 Å². The second kappa shape index (κ2) is 10.4. The molecule has 4 aromatic rings. The summed E-state index contributed by atoms with van der Waals surface area (Å²) in [7, 11) is 0. The topological polar surface area (TPSA) is 96.5 Å². The lowest BCUT2D eigenvalue weighted by Crippen LogP contribution is -2.43. The standard InChI is InChI=1S/C28H26F3N3O4S/c1-15(2)34(26(35)18-9-11-19(12-10-18)28(29,30)31)20-14-22(39-23(20)27(36)37)16-5-7-17(8-6-16)25-33-24-21(38-25)4-3-13-32-24/h3-8,13-15,18-19H,9-12H2,1-2H3,(H,36,37)/t18-,19-. The van der Waals surface area contributed by atoms with Gasteiger partial charge in [0.15, 0.2) is 11.2 Å². The number of hydrogen-bond donors (Lipinski definition) is 1. The lowest BCUT2D eigenvalue weighted by Gasteiger charge is -2.34. The number of alkyl halides is 3. The fourth-order valence-corrected chi connectivity index (χ4v) is 6.03. The monoisotopic (exact) mass is 557 g/mol. The summed E-state index contributed by atoms with van der Waals surface area (Å²) in [6, 6.07) is 12.1. The van der Waals surface area contributed by atoms with Crippen molar-refractivity contribution >= 4 is 40.1 Å². The van der Waals surface area contributed by atoms with Crippen LogP contribution in [-0.2, 0) is 4.79 Å². The molecule has 1 fully saturated rings. The number of halogens is 3. The van der Waals surface area contributed by atoms with Crippen LogP contribution < -0.4 is 4.90 Å². The number of aromatic carboxylic acids is 1. The summed E-state index contributed by atoms with van der Waals surface area (Å²) in [5, 5.41) is 9.96. The van der Waals surface area contributed by atoms with E-state index in [9.17, 15) is 27.9 Å². The Morgan fingerprint density at radius 2 is 1.74 bits per heavy atom. The highest BCUT2D eigenvalue weighted by Gasteiger charge is 2.43. The molecule has 1 amide bonds. The predicted molar refractivity (Wildman–Crippen MR) is 142 cm³/mol. The zero-order valence-corrected chi connectivity index (χ0v) is 22.1. The van der Waals surface area contributed by atoms with Crippen molar-refractivity contribution in [3.05, 3.63) is 53.5 Å². The summed E-state index contributed by atoms with van der Waals surface area (Å²) < 4.78 is 45.1. The number of aromatic nitrogens is 2. The third-order valence-corrected chi connectivity index (χ3v) is 8.20. The van der Waals surface area contributed by atoms with Crippen LogP contribution in [0.2, 0.25) is 0 Å². The summed E-state index contributed by atoms with van der Waals surface area (Å²) in [5.41, 5.74) is 2.79. The quantitative estimate of drug-likeness (QED) is 0.265. The van der Waals surface area contributed by atoms with E-state index in [0.717, 1.165) is 22.5 Å². The van der Waals surface area contributed by atoms with E-state index in [1.54, 1.807) is 38.2 Å². The van der Waals surface area contributed by atoms with Crippen LogP contribution >= 0.6 is 11.3 Å². The number of oxazole rings is 1. The minimum absolute atomic E-state index is 0.00475. The number of carboxylic acids is 1. The Morgan fingerprint density at radius 3 is 2.33 bits per heavy atom. The molecule has 1 aliphatic carbocycles. The zero-order chi connectivity index (χ0) is 27.9. The predicted octanol–water partition coefficient (Wildman–Crippen LogP) is 7.43. The molecule has 3 heterocycles. The Bertz CT molecular complexity index is 1470. The number of thiophene rings is 1. The first kappa shape index (κ1) is 26.9. The van der Waals surface area contributed by atoms with Gasteiger partial charge in [0, 0.05) is 28.6 Å². The molecular weight excluding hydrogens is 531 g/mol. The van der Waals surface area contributed by atoms with E-state index < -0.39 is 24.0 Å². The molecule has 0 unspecified atom stereocenters. The molecule has 3 aromatic heterocycles. The van der Waals surface area contributed by atoms with E-state index in [-0.39, 0.29) is 48.2 Å². The fourth-order valence-electron chi connectivity index (χ4n) is 5.04. The van der Waals surface area contributed by atoms with Crippen molar-refractivity contribution in [1.29, 1.82) is 0 Å². The van der Waals surface area contributed by atoms with Gasteiger partial charge in [-0.25, -0.2) is 9.78 Å². The molecule has 5 rings (SSSR count). The molecule has 39 heavy (non-hydrogen) atoms. The second-order valence-corrected chi connectivity index (χ2v) is 11.0. The fraction of sp³-hybridized carbons (Fsp3) is 0.357. The third-order valence-electron chi connectivity index (χ3n) is 7.04. The van der Waals surface area contributed by atoms with Crippen LogP contribution in [0.3, 0.4) is 0 Å². The highest BCUT2D eigenvalue weighted by atomic mass is 32.1. The van der Waals surface area contributed by atoms with Gasteiger partial charge in [0.05, 0.1) is 11.6 Å². The first-order valence-electron chi connectivity index (χ1n) is 12.6. The lowest BCUT2D eigenvalue weighted by molar-refractivity contribution is -0.184. The van der Waals surface area contributed by atoms with Gasteiger partial charge in [-0.05, 0) is 75.4 Å². The Hall–Kier alpha value is -3.73. The van der Waals surface area contributed by atoms with Gasteiger partial charge >= 0.3 is 12.1 Å². The van der Waals surface area contributed by atoms with Gasteiger partial charge in [0.25, 0.3) is 0 Å². The Kier molecular flexibility index (Phi) is 7.19. The number of rotatable bonds is 6. The van der Waals surface area contributed by atoms with E-state index in [0.29, 0.717) is 22.0 Å². The maximum absolute atomic E-state index is 13.5. The van der Waals surface area contributed by atoms with Crippen LogP contribution in [-0.4, -0.2) is 39.2 Å². The zero-order valence-electron chi connectivity index (χ0n) is 21.2. The molecule has 0 radical (unpaired) electrons. The largest absolute Gasteiger partial charge is 0.477 e. The molecule has 7 nitrogen and oxygen atoms in total. The van der Waals surface area contributed by atoms with Crippen LogP contribution in [0, 0.1) is 11.8 Å². The molecule has 204 valence electrons. The van der Waals surface area contributed by atoms with Gasteiger partial charge in [-0.3, -0.25) is 4.79 Å². The van der Waals surface area contributed by atoms with Gasteiger partial charge in [-0.1, -0.05) is 12.1 Å². The first-order chi connectivity index (χ1) is 18.5. The number of carboxylic acid groups (broad SMARTS) is 1. The number of hydrogen-bond acceptors (Lipinski definition) is 6. The SMILES string of the molecule is CC(C)N(c1cc(-c2ccc(-c3nc4ncccc4o3)cc2)sc1C(=O)O)C(=O)[C@H]1CC[C@H](C(F)(F)F)CC1. The molecule has 0 saturated heterocycles. The molecular formula is C28H26F3N3O4S. The smallest absolute Gasteiger partial charge is 0.391 e. The molecule has 1 aliphatic rings. The number of carbonyl (C=O) groups is 2. The van der Waals surface area contributed by atoms with Crippen molar-refractivity contribution in [2.24, 2.45) is 11.8 Å². The molecule has 0 bridgehead atoms. The number of nitrogens with zero attached hydrogens (tertiary/aromatic N) is 3. The van der Waals surface area contributed by atoms with E-state index >= 15 is 0 Å². The molecule has 11 heteroatoms. The number of benzene rings is 1. The minimum Gasteiger partial charge on any atom is -0.477 e. The molecule has 0 aliphatic heterocycles. The molecule has 1 N–H and O–H groups in total. The van der Waals surface area contributed by atoms with Crippen molar-refractivity contribution in [2.45, 2.75) is 51.7 Å². The van der Waals surface area contributed by atoms with Gasteiger partial charge in [-0.2, -0.15) is 18.2 Å². The second-order valence-electron chi connectivity index (χ2n) is 9.94.